The predicted octanol–water partition coefficient (Wildman–Crippen LogP) is 0.783. The van der Waals surface area contributed by atoms with Crippen LogP contribution in [0.1, 0.15) is 17.5 Å². The minimum atomic E-state index is -4.14. The first-order chi connectivity index (χ1) is 6.98. The van der Waals surface area contributed by atoms with Crippen LogP contribution in [0.4, 0.5) is 0 Å². The second-order valence-corrected chi connectivity index (χ2v) is 5.16. The van der Waals surface area contributed by atoms with Crippen LogP contribution in [0.15, 0.2) is 23.1 Å². The van der Waals surface area contributed by atoms with Gasteiger partial charge in [0.15, 0.2) is 0 Å². The first kappa shape index (κ1) is 10.6. The van der Waals surface area contributed by atoms with Crippen molar-refractivity contribution in [3.63, 3.8) is 0 Å². The van der Waals surface area contributed by atoms with Crippen LogP contribution < -0.4 is 0 Å². The Labute approximate surface area is 88.3 Å². The molecule has 0 saturated carbocycles. The van der Waals surface area contributed by atoms with Gasteiger partial charge < -0.3 is 5.11 Å². The summed E-state index contributed by atoms with van der Waals surface area (Å²) in [5.74, 6) is 0. The van der Waals surface area contributed by atoms with E-state index in [1.807, 2.05) is 0 Å². The first-order valence-corrected chi connectivity index (χ1v) is 6.19. The highest BCUT2D eigenvalue weighted by atomic mass is 32.2. The molecule has 0 heterocycles. The molecule has 0 aromatic heterocycles. The van der Waals surface area contributed by atoms with Crippen molar-refractivity contribution in [1.82, 2.24) is 0 Å². The maximum atomic E-state index is 11.1. The minimum Gasteiger partial charge on any atom is -0.393 e. The van der Waals surface area contributed by atoms with E-state index < -0.39 is 16.2 Å². The lowest BCUT2D eigenvalue weighted by Gasteiger charge is -2.21. The summed E-state index contributed by atoms with van der Waals surface area (Å²) in [6.45, 7) is 0. The van der Waals surface area contributed by atoms with Gasteiger partial charge in [-0.2, -0.15) is 8.42 Å². The topological polar surface area (TPSA) is 74.6 Å². The van der Waals surface area contributed by atoms with E-state index in [1.54, 1.807) is 12.1 Å². The van der Waals surface area contributed by atoms with E-state index in [2.05, 4.69) is 0 Å². The van der Waals surface area contributed by atoms with Gasteiger partial charge in [-0.3, -0.25) is 4.55 Å². The summed E-state index contributed by atoms with van der Waals surface area (Å²) in [5.41, 5.74) is 1.45. The molecule has 0 saturated heterocycles. The number of hydrogen-bond donors (Lipinski definition) is 2. The molecule has 82 valence electrons. The van der Waals surface area contributed by atoms with Gasteiger partial charge in [0.2, 0.25) is 0 Å². The zero-order valence-corrected chi connectivity index (χ0v) is 8.87. The summed E-state index contributed by atoms with van der Waals surface area (Å²) >= 11 is 0. The summed E-state index contributed by atoms with van der Waals surface area (Å²) in [7, 11) is -4.14. The molecule has 4 nitrogen and oxygen atoms in total. The molecule has 2 rings (SSSR count). The fourth-order valence-corrected chi connectivity index (χ4v) is 2.79. The van der Waals surface area contributed by atoms with Crippen molar-refractivity contribution < 1.29 is 18.1 Å². The maximum absolute atomic E-state index is 11.1. The van der Waals surface area contributed by atoms with Crippen LogP contribution in [-0.4, -0.2) is 24.2 Å². The molecule has 15 heavy (non-hydrogen) atoms. The lowest BCUT2D eigenvalue weighted by atomic mass is 9.90. The quantitative estimate of drug-likeness (QED) is 0.697. The molecule has 0 radical (unpaired) electrons. The van der Waals surface area contributed by atoms with E-state index in [-0.39, 0.29) is 4.90 Å². The normalized spacial score (nSPS) is 21.1. The molecule has 1 aliphatic rings. The Balaban J connectivity index is 2.56. The summed E-state index contributed by atoms with van der Waals surface area (Å²) in [6.07, 6.45) is 1.08. The third-order valence-electron chi connectivity index (χ3n) is 2.69. The summed E-state index contributed by atoms with van der Waals surface area (Å²) in [6, 6.07) is 4.76. The monoisotopic (exact) mass is 228 g/mol. The zero-order valence-electron chi connectivity index (χ0n) is 8.05. The largest absolute Gasteiger partial charge is 0.393 e. The molecule has 0 bridgehead atoms. The molecule has 1 unspecified atom stereocenters. The van der Waals surface area contributed by atoms with Crippen molar-refractivity contribution in [3.8, 4) is 0 Å². The molecular weight excluding hydrogens is 216 g/mol. The van der Waals surface area contributed by atoms with E-state index in [9.17, 15) is 13.5 Å². The third-order valence-corrected chi connectivity index (χ3v) is 3.63. The fourth-order valence-electron chi connectivity index (χ4n) is 1.99. The van der Waals surface area contributed by atoms with Crippen molar-refractivity contribution in [1.29, 1.82) is 0 Å². The SMILES string of the molecule is O=S(=O)(O)c1cccc2c1CCC(O)C2. The Kier molecular flexibility index (Phi) is 2.54. The van der Waals surface area contributed by atoms with E-state index in [0.717, 1.165) is 5.56 Å². The Morgan fingerprint density at radius 3 is 2.73 bits per heavy atom. The summed E-state index contributed by atoms with van der Waals surface area (Å²) in [4.78, 5) is -0.0214. The zero-order chi connectivity index (χ0) is 11.1. The Hall–Kier alpha value is -0.910. The molecule has 0 spiro atoms. The van der Waals surface area contributed by atoms with Crippen molar-refractivity contribution in [2.45, 2.75) is 30.3 Å². The lowest BCUT2D eigenvalue weighted by molar-refractivity contribution is 0.158. The number of rotatable bonds is 1. The van der Waals surface area contributed by atoms with Gasteiger partial charge in [0.25, 0.3) is 10.1 Å². The highest BCUT2D eigenvalue weighted by Crippen LogP contribution is 2.27. The van der Waals surface area contributed by atoms with Crippen molar-refractivity contribution >= 4 is 10.1 Å². The smallest absolute Gasteiger partial charge is 0.294 e. The number of aliphatic hydroxyl groups is 1. The van der Waals surface area contributed by atoms with Crippen molar-refractivity contribution in [3.05, 3.63) is 29.3 Å². The van der Waals surface area contributed by atoms with E-state index in [1.165, 1.54) is 6.07 Å². The number of fused-ring (bicyclic) bond motifs is 1. The molecule has 0 fully saturated rings. The van der Waals surface area contributed by atoms with Crippen molar-refractivity contribution in [2.24, 2.45) is 0 Å². The molecule has 0 amide bonds. The highest BCUT2D eigenvalue weighted by molar-refractivity contribution is 7.85. The minimum absolute atomic E-state index is 0.0214. The molecule has 2 N–H and O–H groups in total. The second-order valence-electron chi connectivity index (χ2n) is 3.77. The van der Waals surface area contributed by atoms with Gasteiger partial charge in [-0.15, -0.1) is 0 Å². The van der Waals surface area contributed by atoms with Gasteiger partial charge in [-0.1, -0.05) is 12.1 Å². The Bertz CT molecular complexity index is 478. The first-order valence-electron chi connectivity index (χ1n) is 4.75. The van der Waals surface area contributed by atoms with Gasteiger partial charge in [0.1, 0.15) is 0 Å². The van der Waals surface area contributed by atoms with Crippen LogP contribution in [-0.2, 0) is 23.0 Å². The number of benzene rings is 1. The molecule has 1 aliphatic carbocycles. The van der Waals surface area contributed by atoms with Crippen LogP contribution in [0.5, 0.6) is 0 Å². The average Bonchev–Trinajstić information content (AvgIpc) is 2.15. The van der Waals surface area contributed by atoms with Crippen LogP contribution >= 0.6 is 0 Å². The standard InChI is InChI=1S/C10H12O4S/c11-8-4-5-9-7(6-8)2-1-3-10(9)15(12,13)14/h1-3,8,11H,4-6H2,(H,12,13,14). The van der Waals surface area contributed by atoms with Gasteiger partial charge in [-0.25, -0.2) is 0 Å². The molecule has 0 aliphatic heterocycles. The van der Waals surface area contributed by atoms with Gasteiger partial charge in [0.05, 0.1) is 11.0 Å². The number of hydrogen-bond acceptors (Lipinski definition) is 3. The maximum Gasteiger partial charge on any atom is 0.294 e. The van der Waals surface area contributed by atoms with Gasteiger partial charge in [-0.05, 0) is 36.5 Å². The van der Waals surface area contributed by atoms with Crippen LogP contribution in [0.25, 0.3) is 0 Å². The van der Waals surface area contributed by atoms with Gasteiger partial charge >= 0.3 is 0 Å². The predicted molar refractivity (Wildman–Crippen MR) is 54.3 cm³/mol. The van der Waals surface area contributed by atoms with E-state index in [0.29, 0.717) is 24.8 Å². The third kappa shape index (κ3) is 2.04. The molecule has 1 atom stereocenters. The van der Waals surface area contributed by atoms with Crippen molar-refractivity contribution in [2.75, 3.05) is 0 Å². The summed E-state index contributed by atoms with van der Waals surface area (Å²) in [5, 5.41) is 9.44. The number of aliphatic hydroxyl groups excluding tert-OH is 1. The van der Waals surface area contributed by atoms with Crippen LogP contribution in [0.3, 0.4) is 0 Å². The fraction of sp³-hybridized carbons (Fsp3) is 0.400. The lowest BCUT2D eigenvalue weighted by Crippen LogP contribution is -2.20. The highest BCUT2D eigenvalue weighted by Gasteiger charge is 2.23. The van der Waals surface area contributed by atoms with E-state index >= 15 is 0 Å². The Morgan fingerprint density at radius 1 is 1.33 bits per heavy atom. The molecule has 1 aromatic carbocycles. The van der Waals surface area contributed by atoms with Crippen LogP contribution in [0.2, 0.25) is 0 Å². The summed E-state index contributed by atoms with van der Waals surface area (Å²) < 4.78 is 31.2. The van der Waals surface area contributed by atoms with Crippen LogP contribution in [0, 0.1) is 0 Å². The molecule has 1 aromatic rings. The molecular formula is C10H12O4S. The molecule has 5 heteroatoms. The second kappa shape index (κ2) is 3.59. The van der Waals surface area contributed by atoms with E-state index in [4.69, 9.17) is 4.55 Å². The van der Waals surface area contributed by atoms with Gasteiger partial charge in [0, 0.05) is 0 Å². The average molecular weight is 228 g/mol. The Morgan fingerprint density at radius 2 is 2.07 bits per heavy atom.